The van der Waals surface area contributed by atoms with Gasteiger partial charge in [-0.3, -0.25) is 0 Å². The average molecular weight is 700 g/mol. The van der Waals surface area contributed by atoms with E-state index >= 15 is 0 Å². The van der Waals surface area contributed by atoms with E-state index in [1.54, 1.807) is 0 Å². The maximum atomic E-state index is 3.55. The van der Waals surface area contributed by atoms with Crippen molar-refractivity contribution >= 4 is 71.4 Å². The number of hydrogen-bond acceptors (Lipinski definition) is 1. The topological polar surface area (TPSA) is 13.1 Å². The summed E-state index contributed by atoms with van der Waals surface area (Å²) in [6.07, 6.45) is 0. The second-order valence-electron chi connectivity index (χ2n) is 14.0. The molecule has 0 saturated heterocycles. The summed E-state index contributed by atoms with van der Waals surface area (Å²) in [5.41, 5.74) is 12.2. The van der Waals surface area contributed by atoms with E-state index in [1.807, 2.05) is 0 Å². The number of para-hydroxylation sites is 4. The van der Waals surface area contributed by atoms with Crippen molar-refractivity contribution in [2.75, 3.05) is 4.90 Å². The summed E-state index contributed by atoms with van der Waals surface area (Å²) in [6.45, 7) is 0. The van der Waals surface area contributed by atoms with Gasteiger partial charge in [-0.1, -0.05) is 133 Å². The van der Waals surface area contributed by atoms with Gasteiger partial charge in [0.15, 0.2) is 0 Å². The van der Waals surface area contributed by atoms with Crippen LogP contribution in [0.2, 0.25) is 0 Å². The second-order valence-corrected chi connectivity index (χ2v) is 14.0. The number of nitrogens with zero attached hydrogens (tertiary/aromatic N) is 3. The van der Waals surface area contributed by atoms with Gasteiger partial charge in [-0.05, 0) is 89.8 Å². The van der Waals surface area contributed by atoms with Gasteiger partial charge in [-0.15, -0.1) is 0 Å². The lowest BCUT2D eigenvalue weighted by molar-refractivity contribution is 1.18. The third-order valence-electron chi connectivity index (χ3n) is 10.9. The van der Waals surface area contributed by atoms with Crippen LogP contribution in [0.1, 0.15) is 0 Å². The molecule has 11 rings (SSSR count). The minimum atomic E-state index is 0.974. The third kappa shape index (κ3) is 5.00. The second kappa shape index (κ2) is 12.6. The summed E-state index contributed by atoms with van der Waals surface area (Å²) in [5, 5.41) is 7.41. The van der Waals surface area contributed by atoms with Gasteiger partial charge in [-0.2, -0.15) is 0 Å². The molecule has 3 nitrogen and oxygen atoms in total. The van der Waals surface area contributed by atoms with Crippen LogP contribution >= 0.6 is 0 Å². The fraction of sp³-hybridized carbons (Fsp3) is 0. The Labute approximate surface area is 319 Å². The number of benzene rings is 8. The van der Waals surface area contributed by atoms with Gasteiger partial charge in [0.1, 0.15) is 0 Å². The smallest absolute Gasteiger partial charge is 0.0974 e. The Kier molecular flexibility index (Phi) is 7.08. The van der Waals surface area contributed by atoms with E-state index < -0.39 is 0 Å². The molecule has 11 aromatic rings. The van der Waals surface area contributed by atoms with Crippen molar-refractivity contribution in [1.29, 1.82) is 0 Å². The predicted octanol–water partition coefficient (Wildman–Crippen LogP) is 13.8. The third-order valence-corrected chi connectivity index (χ3v) is 10.9. The first-order valence-corrected chi connectivity index (χ1v) is 18.7. The van der Waals surface area contributed by atoms with E-state index in [0.29, 0.717) is 0 Å². The first-order chi connectivity index (χ1) is 27.3. The molecule has 2 heterocycles. The Morgan fingerprint density at radius 3 is 1.69 bits per heavy atom. The van der Waals surface area contributed by atoms with Gasteiger partial charge in [0.05, 0.1) is 27.8 Å². The molecule has 0 N–H and O–H groups in total. The highest BCUT2D eigenvalue weighted by Crippen LogP contribution is 2.41. The van der Waals surface area contributed by atoms with Crippen molar-refractivity contribution < 1.29 is 0 Å². The summed E-state index contributed by atoms with van der Waals surface area (Å²) >= 11 is 0. The van der Waals surface area contributed by atoms with Crippen molar-refractivity contribution in [3.8, 4) is 22.5 Å². The molecule has 0 aliphatic carbocycles. The van der Waals surface area contributed by atoms with Crippen LogP contribution in [0.15, 0.2) is 200 Å². The quantitative estimate of drug-likeness (QED) is 0.168. The first-order valence-electron chi connectivity index (χ1n) is 18.7. The average Bonchev–Trinajstić information content (AvgIpc) is 3.78. The molecule has 0 saturated carbocycles. The van der Waals surface area contributed by atoms with Crippen LogP contribution in [0.4, 0.5) is 17.1 Å². The molecule has 0 aliphatic heterocycles. The Bertz CT molecular complexity index is 3170. The largest absolute Gasteiger partial charge is 0.310 e. The number of aromatic nitrogens is 2. The van der Waals surface area contributed by atoms with Gasteiger partial charge < -0.3 is 14.0 Å². The molecule has 0 radical (unpaired) electrons. The van der Waals surface area contributed by atoms with Gasteiger partial charge in [-0.25, -0.2) is 0 Å². The zero-order valence-corrected chi connectivity index (χ0v) is 29.9. The monoisotopic (exact) mass is 699 g/mol. The minimum Gasteiger partial charge on any atom is -0.310 e. The summed E-state index contributed by atoms with van der Waals surface area (Å²) in [5.74, 6) is 0. The van der Waals surface area contributed by atoms with E-state index in [0.717, 1.165) is 39.6 Å². The number of fused-ring (bicyclic) bond motifs is 8. The number of rotatable bonds is 6. The molecule has 0 fully saturated rings. The summed E-state index contributed by atoms with van der Waals surface area (Å²) in [7, 11) is 0. The van der Waals surface area contributed by atoms with E-state index in [4.69, 9.17) is 0 Å². The maximum Gasteiger partial charge on any atom is 0.0974 e. The van der Waals surface area contributed by atoms with Crippen LogP contribution in [0.5, 0.6) is 0 Å². The SMILES string of the molecule is c1c(-c2ccc(N(c3ccccc3)c3ccc4c5ccccc5n(-c5ccccc5)c4c3)cc2)ccc(-n2c3ccccc3c3ccc4ccccc4c32)c#1. The summed E-state index contributed by atoms with van der Waals surface area (Å²) < 4.78 is 4.71. The van der Waals surface area contributed by atoms with Crippen LogP contribution in [-0.4, -0.2) is 9.13 Å². The highest BCUT2D eigenvalue weighted by Gasteiger charge is 2.18. The Balaban J connectivity index is 0.995. The van der Waals surface area contributed by atoms with Crippen molar-refractivity contribution in [2.24, 2.45) is 0 Å². The molecule has 0 bridgehead atoms. The van der Waals surface area contributed by atoms with E-state index in [-0.39, 0.29) is 0 Å². The molecule has 256 valence electrons. The lowest BCUT2D eigenvalue weighted by Crippen LogP contribution is -2.10. The molecular weight excluding hydrogens is 667 g/mol. The minimum absolute atomic E-state index is 0.974. The molecule has 2 aromatic heterocycles. The summed E-state index contributed by atoms with van der Waals surface area (Å²) in [6, 6.07) is 78.7. The predicted molar refractivity (Wildman–Crippen MR) is 230 cm³/mol. The van der Waals surface area contributed by atoms with E-state index in [1.165, 1.54) is 54.4 Å². The zero-order chi connectivity index (χ0) is 36.3. The Morgan fingerprint density at radius 2 is 0.945 bits per heavy atom. The fourth-order valence-corrected chi connectivity index (χ4v) is 8.42. The number of hydrogen-bond donors (Lipinski definition) is 0. The van der Waals surface area contributed by atoms with Gasteiger partial charge >= 0.3 is 0 Å². The van der Waals surface area contributed by atoms with Crippen LogP contribution in [0.3, 0.4) is 0 Å². The highest BCUT2D eigenvalue weighted by atomic mass is 15.1. The highest BCUT2D eigenvalue weighted by molar-refractivity contribution is 6.18. The molecule has 55 heavy (non-hydrogen) atoms. The maximum absolute atomic E-state index is 3.55. The molecule has 0 aliphatic rings. The lowest BCUT2D eigenvalue weighted by atomic mass is 10.1. The molecule has 0 amide bonds. The van der Waals surface area contributed by atoms with Gasteiger partial charge in [0.25, 0.3) is 0 Å². The molecular formula is C52H33N3. The van der Waals surface area contributed by atoms with Crippen LogP contribution < -0.4 is 4.90 Å². The van der Waals surface area contributed by atoms with Crippen LogP contribution in [-0.2, 0) is 0 Å². The number of anilines is 3. The van der Waals surface area contributed by atoms with Crippen molar-refractivity contribution in [2.45, 2.75) is 0 Å². The zero-order valence-electron chi connectivity index (χ0n) is 29.9. The van der Waals surface area contributed by atoms with E-state index in [2.05, 4.69) is 226 Å². The van der Waals surface area contributed by atoms with Gasteiger partial charge in [0, 0.05) is 55.2 Å². The van der Waals surface area contributed by atoms with Crippen LogP contribution in [0.25, 0.3) is 76.9 Å². The Hall–Kier alpha value is -7.54. The van der Waals surface area contributed by atoms with Crippen molar-refractivity contribution in [3.05, 3.63) is 212 Å². The summed E-state index contributed by atoms with van der Waals surface area (Å²) in [4.78, 5) is 2.34. The van der Waals surface area contributed by atoms with E-state index in [9.17, 15) is 0 Å². The standard InChI is InChI=1S/C52H33N3/c1-3-14-39(15-4-1)53(43-32-34-47-45-19-9-11-21-49(45)54(51(47)35-43)40-16-5-2-6-17-40)41-28-23-36(24-29-41)37-25-30-42(31-26-37)55-50-22-12-10-20-46(50)48-33-27-38-13-7-8-18-44(38)52(48)55/h1-25,27-30,32-35H. The van der Waals surface area contributed by atoms with Gasteiger partial charge in [0.2, 0.25) is 0 Å². The molecule has 0 atom stereocenters. The molecule has 9 aromatic carbocycles. The lowest BCUT2D eigenvalue weighted by Gasteiger charge is -2.26. The molecule has 0 unspecified atom stereocenters. The molecule has 3 heteroatoms. The fourth-order valence-electron chi connectivity index (χ4n) is 8.42. The molecule has 0 spiro atoms. The van der Waals surface area contributed by atoms with Crippen molar-refractivity contribution in [3.63, 3.8) is 0 Å². The normalized spacial score (nSPS) is 11.5. The van der Waals surface area contributed by atoms with Crippen molar-refractivity contribution in [1.82, 2.24) is 9.13 Å². The first kappa shape index (κ1) is 31.0. The Morgan fingerprint density at radius 1 is 0.364 bits per heavy atom. The van der Waals surface area contributed by atoms with Crippen LogP contribution in [0, 0.1) is 12.1 Å².